The monoisotopic (exact) mass is 467 g/mol. The number of nitrogens with two attached hydrogens (primary N) is 1. The van der Waals surface area contributed by atoms with Crippen LogP contribution in [-0.4, -0.2) is 48.6 Å². The highest BCUT2D eigenvalue weighted by molar-refractivity contribution is 5.63. The van der Waals surface area contributed by atoms with E-state index in [0.717, 1.165) is 25.1 Å². The number of rotatable bonds is 4. The molecule has 0 radical (unpaired) electrons. The van der Waals surface area contributed by atoms with E-state index < -0.39 is 34.9 Å². The number of hydrogen-bond donors (Lipinski definition) is 2. The second kappa shape index (κ2) is 7.24. The molecule has 176 valence electrons. The summed E-state index contributed by atoms with van der Waals surface area (Å²) in [6.45, 7) is 2.26. The second-order valence-corrected chi connectivity index (χ2v) is 8.88. The molecule has 0 aromatic carbocycles. The first kappa shape index (κ1) is 21.8. The van der Waals surface area contributed by atoms with Crippen LogP contribution in [0.5, 0.6) is 0 Å². The Morgan fingerprint density at radius 3 is 2.55 bits per heavy atom. The summed E-state index contributed by atoms with van der Waals surface area (Å²) >= 11 is 0. The Kier molecular flexibility index (Phi) is 4.78. The van der Waals surface area contributed by atoms with Crippen molar-refractivity contribution in [2.45, 2.75) is 49.9 Å². The molecule has 12 heteroatoms. The Morgan fingerprint density at radius 1 is 1.12 bits per heavy atom. The normalized spacial score (nSPS) is 22.2. The number of nitrogen functional groups attached to an aromatic ring is 1. The van der Waals surface area contributed by atoms with Gasteiger partial charge in [0, 0.05) is 61.8 Å². The van der Waals surface area contributed by atoms with Crippen molar-refractivity contribution in [2.75, 3.05) is 18.8 Å². The summed E-state index contributed by atoms with van der Waals surface area (Å²) in [5.41, 5.74) is 5.38. The lowest BCUT2D eigenvalue weighted by molar-refractivity contribution is -0.137. The molecule has 33 heavy (non-hydrogen) atoms. The summed E-state index contributed by atoms with van der Waals surface area (Å²) in [5.74, 6) is -3.40. The smallest absolute Gasteiger partial charge is 0.383 e. The fourth-order valence-electron chi connectivity index (χ4n) is 5.14. The van der Waals surface area contributed by atoms with Crippen molar-refractivity contribution in [3.63, 3.8) is 0 Å². The summed E-state index contributed by atoms with van der Waals surface area (Å²) in [7, 11) is 0. The molecule has 1 fully saturated rings. The average molecular weight is 467 g/mol. The van der Waals surface area contributed by atoms with Gasteiger partial charge in [0.1, 0.15) is 17.7 Å². The molecule has 1 unspecified atom stereocenters. The van der Waals surface area contributed by atoms with Crippen LogP contribution in [0.4, 0.5) is 27.8 Å². The number of nitrogens with zero attached hydrogens (tertiary/aromatic N) is 5. The third-order valence-electron chi connectivity index (χ3n) is 6.65. The van der Waals surface area contributed by atoms with Gasteiger partial charge in [-0.3, -0.25) is 9.58 Å². The number of halogens is 5. The molecule has 5 rings (SSSR count). The van der Waals surface area contributed by atoms with Crippen LogP contribution in [0.25, 0.3) is 11.3 Å². The molecule has 3 N–H and O–H groups in total. The maximum Gasteiger partial charge on any atom is 0.419 e. The van der Waals surface area contributed by atoms with Crippen molar-refractivity contribution >= 4 is 5.82 Å². The van der Waals surface area contributed by atoms with Gasteiger partial charge < -0.3 is 10.7 Å². The lowest BCUT2D eigenvalue weighted by Gasteiger charge is -2.32. The summed E-state index contributed by atoms with van der Waals surface area (Å²) in [4.78, 5) is 12.3. The molecule has 7 nitrogen and oxygen atoms in total. The van der Waals surface area contributed by atoms with E-state index in [4.69, 9.17) is 5.73 Å². The van der Waals surface area contributed by atoms with Crippen LogP contribution in [0, 0.1) is 0 Å². The van der Waals surface area contributed by atoms with Crippen LogP contribution in [0.15, 0.2) is 30.7 Å². The molecule has 2 aliphatic heterocycles. The SMILES string of the molecule is CC(F)(F)C(c1ncc[nH]1)N1CC[C@@]2(CCn3nc(-c4cnc(N)c(C(F)(F)F)c4)cc32)C1. The van der Waals surface area contributed by atoms with E-state index in [9.17, 15) is 22.0 Å². The largest absolute Gasteiger partial charge is 0.419 e. The summed E-state index contributed by atoms with van der Waals surface area (Å²) in [6, 6.07) is 1.49. The Balaban J connectivity index is 1.46. The first-order valence-electron chi connectivity index (χ1n) is 10.5. The van der Waals surface area contributed by atoms with E-state index in [1.807, 2.05) is 0 Å². The number of H-pyrrole nitrogens is 1. The first-order chi connectivity index (χ1) is 15.5. The number of anilines is 1. The highest BCUT2D eigenvalue weighted by Gasteiger charge is 2.51. The van der Waals surface area contributed by atoms with Crippen molar-refractivity contribution in [1.82, 2.24) is 29.6 Å². The van der Waals surface area contributed by atoms with Crippen LogP contribution >= 0.6 is 0 Å². The Bertz CT molecular complexity index is 1160. The molecule has 2 aliphatic rings. The topological polar surface area (TPSA) is 88.7 Å². The summed E-state index contributed by atoms with van der Waals surface area (Å²) in [6.07, 6.45) is 0.967. The summed E-state index contributed by atoms with van der Waals surface area (Å²) < 4.78 is 70.6. The quantitative estimate of drug-likeness (QED) is 0.566. The van der Waals surface area contributed by atoms with E-state index >= 15 is 0 Å². The average Bonchev–Trinajstić information content (AvgIpc) is 3.49. The molecule has 1 saturated heterocycles. The van der Waals surface area contributed by atoms with Gasteiger partial charge in [-0.15, -0.1) is 0 Å². The summed E-state index contributed by atoms with van der Waals surface area (Å²) in [5, 5.41) is 4.48. The molecule has 0 amide bonds. The minimum atomic E-state index is -4.63. The molecule has 3 aromatic rings. The van der Waals surface area contributed by atoms with Crippen LogP contribution in [0.2, 0.25) is 0 Å². The minimum Gasteiger partial charge on any atom is -0.383 e. The van der Waals surface area contributed by atoms with Crippen molar-refractivity contribution in [2.24, 2.45) is 0 Å². The van der Waals surface area contributed by atoms with E-state index in [1.54, 1.807) is 15.6 Å². The van der Waals surface area contributed by atoms with Crippen molar-refractivity contribution in [3.05, 3.63) is 47.8 Å². The standard InChI is InChI=1S/C21H22F5N7/c1-19(22,23)16(18-28-4-5-29-18)32-6-2-20(11-32)3-7-33-15(20)9-14(31-33)12-8-13(21(24,25)26)17(27)30-10-12/h4-5,8-10,16H,2-3,6-7,11H2,1H3,(H2,27,30)(H,28,29)/t16?,20-/m1/s1. The van der Waals surface area contributed by atoms with E-state index in [-0.39, 0.29) is 11.4 Å². The van der Waals surface area contributed by atoms with Crippen molar-refractivity contribution < 1.29 is 22.0 Å². The predicted octanol–water partition coefficient (Wildman–Crippen LogP) is 4.01. The Labute approximate surface area is 185 Å². The van der Waals surface area contributed by atoms with Gasteiger partial charge in [0.05, 0.1) is 11.3 Å². The first-order valence-corrected chi connectivity index (χ1v) is 10.5. The highest BCUT2D eigenvalue weighted by atomic mass is 19.4. The van der Waals surface area contributed by atoms with Gasteiger partial charge in [0.2, 0.25) is 0 Å². The fourth-order valence-corrected chi connectivity index (χ4v) is 5.14. The predicted molar refractivity (Wildman–Crippen MR) is 109 cm³/mol. The molecule has 3 aromatic heterocycles. The van der Waals surface area contributed by atoms with Crippen molar-refractivity contribution in [3.8, 4) is 11.3 Å². The lowest BCUT2D eigenvalue weighted by Crippen LogP contribution is -2.40. The van der Waals surface area contributed by atoms with Crippen molar-refractivity contribution in [1.29, 1.82) is 0 Å². The number of hydrogen-bond acceptors (Lipinski definition) is 5. The number of aromatic nitrogens is 5. The van der Waals surface area contributed by atoms with E-state index in [1.165, 1.54) is 18.6 Å². The zero-order valence-electron chi connectivity index (χ0n) is 17.7. The number of aryl methyl sites for hydroxylation is 1. The maximum absolute atomic E-state index is 14.5. The van der Waals surface area contributed by atoms with Gasteiger partial charge >= 0.3 is 6.18 Å². The lowest BCUT2D eigenvalue weighted by atomic mass is 9.82. The second-order valence-electron chi connectivity index (χ2n) is 8.88. The highest BCUT2D eigenvalue weighted by Crippen LogP contribution is 2.48. The van der Waals surface area contributed by atoms with E-state index in [0.29, 0.717) is 31.7 Å². The number of pyridine rings is 1. The van der Waals surface area contributed by atoms with Gasteiger partial charge in [-0.1, -0.05) is 0 Å². The van der Waals surface area contributed by atoms with Crippen LogP contribution in [0.3, 0.4) is 0 Å². The number of imidazole rings is 1. The zero-order valence-corrected chi connectivity index (χ0v) is 17.7. The van der Waals surface area contributed by atoms with Crippen LogP contribution in [-0.2, 0) is 18.1 Å². The molecular weight excluding hydrogens is 445 g/mol. The number of alkyl halides is 5. The third-order valence-corrected chi connectivity index (χ3v) is 6.65. The zero-order chi connectivity index (χ0) is 23.6. The number of fused-ring (bicyclic) bond motifs is 2. The molecule has 0 saturated carbocycles. The molecular formula is C21H22F5N7. The Morgan fingerprint density at radius 2 is 1.88 bits per heavy atom. The molecule has 0 aliphatic carbocycles. The van der Waals surface area contributed by atoms with Crippen LogP contribution in [0.1, 0.15) is 42.9 Å². The number of nitrogens with one attached hydrogen (secondary N) is 1. The van der Waals surface area contributed by atoms with Gasteiger partial charge in [-0.2, -0.15) is 18.3 Å². The Hall–Kier alpha value is -3.02. The number of likely N-dealkylation sites (tertiary alicyclic amines) is 1. The van der Waals surface area contributed by atoms with Gasteiger partial charge in [-0.05, 0) is 25.0 Å². The molecule has 5 heterocycles. The van der Waals surface area contributed by atoms with E-state index in [2.05, 4.69) is 20.1 Å². The fraction of sp³-hybridized carbons (Fsp3) is 0.476. The molecule has 0 bridgehead atoms. The molecule has 2 atom stereocenters. The van der Waals surface area contributed by atoms with Gasteiger partial charge in [-0.25, -0.2) is 18.7 Å². The van der Waals surface area contributed by atoms with Gasteiger partial charge in [0.15, 0.2) is 0 Å². The molecule has 1 spiro atoms. The minimum absolute atomic E-state index is 0.206. The maximum atomic E-state index is 14.5. The van der Waals surface area contributed by atoms with Crippen LogP contribution < -0.4 is 5.73 Å². The number of aromatic amines is 1. The third kappa shape index (κ3) is 3.65. The van der Waals surface area contributed by atoms with Gasteiger partial charge in [0.25, 0.3) is 5.92 Å².